The second-order valence-electron chi connectivity index (χ2n) is 5.55. The van der Waals surface area contributed by atoms with E-state index in [9.17, 15) is 9.90 Å². The molecule has 2 N–H and O–H groups in total. The van der Waals surface area contributed by atoms with Crippen molar-refractivity contribution in [3.05, 3.63) is 24.3 Å². The van der Waals surface area contributed by atoms with Gasteiger partial charge in [-0.1, -0.05) is 19.1 Å². The fraction of sp³-hybridized carbons (Fsp3) is 0.562. The molecule has 1 aliphatic heterocycles. The number of aliphatic hydroxyl groups excluding tert-OH is 1. The highest BCUT2D eigenvalue weighted by Crippen LogP contribution is 2.25. The Bertz CT molecular complexity index is 478. The lowest BCUT2D eigenvalue weighted by Crippen LogP contribution is -2.37. The number of methoxy groups -OCH3 is 1. The van der Waals surface area contributed by atoms with Crippen molar-refractivity contribution in [3.63, 3.8) is 0 Å². The van der Waals surface area contributed by atoms with Crippen LogP contribution in [0.2, 0.25) is 0 Å². The Morgan fingerprint density at radius 1 is 1.48 bits per heavy atom. The Kier molecular flexibility index (Phi) is 5.59. The number of para-hydroxylation sites is 2. The molecule has 1 saturated heterocycles. The summed E-state index contributed by atoms with van der Waals surface area (Å²) in [6.45, 7) is 3.94. The third kappa shape index (κ3) is 3.95. The van der Waals surface area contributed by atoms with Crippen LogP contribution in [0.25, 0.3) is 0 Å². The first kappa shape index (κ1) is 15.8. The largest absolute Gasteiger partial charge is 0.495 e. The second kappa shape index (κ2) is 7.43. The number of aliphatic hydroxyl groups is 1. The predicted octanol–water partition coefficient (Wildman–Crippen LogP) is 1.73. The third-order valence-electron chi connectivity index (χ3n) is 4.19. The number of rotatable bonds is 6. The van der Waals surface area contributed by atoms with Crippen LogP contribution in [0.15, 0.2) is 24.3 Å². The molecule has 0 bridgehead atoms. The van der Waals surface area contributed by atoms with Crippen LogP contribution in [0, 0.1) is 5.92 Å². The second-order valence-corrected chi connectivity index (χ2v) is 5.55. The molecule has 1 amide bonds. The number of hydrogen-bond acceptors (Lipinski definition) is 4. The van der Waals surface area contributed by atoms with Crippen molar-refractivity contribution in [3.8, 4) is 5.75 Å². The van der Waals surface area contributed by atoms with E-state index in [1.54, 1.807) is 7.11 Å². The van der Waals surface area contributed by atoms with Crippen LogP contribution < -0.4 is 10.1 Å². The fourth-order valence-electron chi connectivity index (χ4n) is 2.87. The molecule has 1 aromatic carbocycles. The molecule has 2 atom stereocenters. The highest BCUT2D eigenvalue weighted by molar-refractivity contribution is 5.92. The van der Waals surface area contributed by atoms with Gasteiger partial charge in [0, 0.05) is 19.0 Å². The van der Waals surface area contributed by atoms with Gasteiger partial charge in [0.15, 0.2) is 0 Å². The zero-order valence-electron chi connectivity index (χ0n) is 12.7. The van der Waals surface area contributed by atoms with E-state index >= 15 is 0 Å². The maximum absolute atomic E-state index is 12.1. The average molecular weight is 292 g/mol. The summed E-state index contributed by atoms with van der Waals surface area (Å²) in [6.07, 6.45) is 1.50. The summed E-state index contributed by atoms with van der Waals surface area (Å²) < 4.78 is 5.21. The van der Waals surface area contributed by atoms with Crippen molar-refractivity contribution < 1.29 is 14.6 Å². The first-order valence-corrected chi connectivity index (χ1v) is 7.43. The number of ether oxygens (including phenoxy) is 1. The Balaban J connectivity index is 1.85. The van der Waals surface area contributed by atoms with Gasteiger partial charge in [-0.2, -0.15) is 0 Å². The number of carbonyl (C=O) groups excluding carboxylic acids is 1. The van der Waals surface area contributed by atoms with E-state index in [0.29, 0.717) is 30.3 Å². The molecule has 21 heavy (non-hydrogen) atoms. The molecule has 5 nitrogen and oxygen atoms in total. The van der Waals surface area contributed by atoms with Gasteiger partial charge in [-0.15, -0.1) is 0 Å². The summed E-state index contributed by atoms with van der Waals surface area (Å²) in [4.78, 5) is 14.3. The van der Waals surface area contributed by atoms with Crippen molar-refractivity contribution in [2.45, 2.75) is 25.8 Å². The van der Waals surface area contributed by atoms with Gasteiger partial charge in [-0.25, -0.2) is 0 Å². The number of carbonyl (C=O) groups is 1. The third-order valence-corrected chi connectivity index (χ3v) is 4.19. The van der Waals surface area contributed by atoms with Crippen LogP contribution >= 0.6 is 0 Å². The van der Waals surface area contributed by atoms with Gasteiger partial charge in [0.1, 0.15) is 5.75 Å². The van der Waals surface area contributed by atoms with Gasteiger partial charge in [-0.3, -0.25) is 9.69 Å². The number of anilines is 1. The first-order valence-electron chi connectivity index (χ1n) is 7.43. The van der Waals surface area contributed by atoms with Crippen molar-refractivity contribution in [1.82, 2.24) is 4.90 Å². The number of nitrogens with zero attached hydrogens (tertiary/aromatic N) is 1. The van der Waals surface area contributed by atoms with Gasteiger partial charge in [0.2, 0.25) is 5.91 Å². The maximum Gasteiger partial charge on any atom is 0.225 e. The predicted molar refractivity (Wildman–Crippen MR) is 82.5 cm³/mol. The van der Waals surface area contributed by atoms with Crippen LogP contribution in [0.1, 0.15) is 19.8 Å². The van der Waals surface area contributed by atoms with Gasteiger partial charge in [0.25, 0.3) is 0 Å². The number of amides is 1. The smallest absolute Gasteiger partial charge is 0.225 e. The minimum atomic E-state index is -0.0317. The van der Waals surface area contributed by atoms with Crippen molar-refractivity contribution in [1.29, 1.82) is 0 Å². The maximum atomic E-state index is 12.1. The molecule has 0 saturated carbocycles. The van der Waals surface area contributed by atoms with Crippen LogP contribution in [0.3, 0.4) is 0 Å². The van der Waals surface area contributed by atoms with E-state index in [2.05, 4.69) is 17.1 Å². The fourth-order valence-corrected chi connectivity index (χ4v) is 2.87. The highest BCUT2D eigenvalue weighted by Gasteiger charge is 2.30. The van der Waals surface area contributed by atoms with Crippen molar-refractivity contribution in [2.24, 2.45) is 5.92 Å². The lowest BCUT2D eigenvalue weighted by molar-refractivity contribution is -0.116. The molecule has 0 spiro atoms. The minimum absolute atomic E-state index is 0.0317. The zero-order valence-corrected chi connectivity index (χ0v) is 12.7. The molecule has 1 heterocycles. The molecule has 1 aromatic rings. The standard InChI is InChI=1S/C16H24N2O3/c1-12-7-9-18(14(12)11-19)10-8-16(20)17-13-5-3-4-6-15(13)21-2/h3-6,12,14,19H,7-11H2,1-2H3,(H,17,20). The Labute approximate surface area is 125 Å². The van der Waals surface area contributed by atoms with E-state index in [-0.39, 0.29) is 18.6 Å². The topological polar surface area (TPSA) is 61.8 Å². The summed E-state index contributed by atoms with van der Waals surface area (Å²) in [6, 6.07) is 7.56. The Morgan fingerprint density at radius 3 is 2.95 bits per heavy atom. The van der Waals surface area contributed by atoms with Gasteiger partial charge in [0.05, 0.1) is 19.4 Å². The van der Waals surface area contributed by atoms with Crippen LogP contribution in [0.4, 0.5) is 5.69 Å². The molecule has 1 fully saturated rings. The number of nitrogens with one attached hydrogen (secondary N) is 1. The van der Waals surface area contributed by atoms with E-state index in [1.807, 2.05) is 24.3 Å². The zero-order chi connectivity index (χ0) is 15.2. The van der Waals surface area contributed by atoms with Crippen molar-refractivity contribution >= 4 is 11.6 Å². The van der Waals surface area contributed by atoms with Crippen LogP contribution in [-0.4, -0.2) is 48.8 Å². The van der Waals surface area contributed by atoms with Gasteiger partial charge in [-0.05, 0) is 31.0 Å². The number of likely N-dealkylation sites (tertiary alicyclic amines) is 1. The molecule has 5 heteroatoms. The van der Waals surface area contributed by atoms with E-state index in [1.165, 1.54) is 0 Å². The molecule has 1 aliphatic rings. The molecular weight excluding hydrogens is 268 g/mol. The normalized spacial score (nSPS) is 22.2. The van der Waals surface area contributed by atoms with Gasteiger partial charge >= 0.3 is 0 Å². The summed E-state index contributed by atoms with van der Waals surface area (Å²) in [7, 11) is 1.59. The molecule has 0 radical (unpaired) electrons. The van der Waals surface area contributed by atoms with E-state index in [4.69, 9.17) is 4.74 Å². The lowest BCUT2D eigenvalue weighted by atomic mass is 10.0. The molecule has 0 aromatic heterocycles. The lowest BCUT2D eigenvalue weighted by Gasteiger charge is -2.24. The summed E-state index contributed by atoms with van der Waals surface area (Å²) >= 11 is 0. The van der Waals surface area contributed by atoms with Gasteiger partial charge < -0.3 is 15.2 Å². The monoisotopic (exact) mass is 292 g/mol. The van der Waals surface area contributed by atoms with E-state index < -0.39 is 0 Å². The summed E-state index contributed by atoms with van der Waals surface area (Å²) in [5, 5.41) is 12.3. The quantitative estimate of drug-likeness (QED) is 0.838. The molecule has 2 unspecified atom stereocenters. The Morgan fingerprint density at radius 2 is 2.24 bits per heavy atom. The summed E-state index contributed by atoms with van der Waals surface area (Å²) in [5.74, 6) is 1.12. The summed E-state index contributed by atoms with van der Waals surface area (Å²) in [5.41, 5.74) is 0.693. The SMILES string of the molecule is COc1ccccc1NC(=O)CCN1CCC(C)C1CO. The average Bonchev–Trinajstić information content (AvgIpc) is 2.85. The van der Waals surface area contributed by atoms with Crippen LogP contribution in [-0.2, 0) is 4.79 Å². The molecule has 0 aliphatic carbocycles. The molecule has 116 valence electrons. The number of benzene rings is 1. The molecule has 2 rings (SSSR count). The van der Waals surface area contributed by atoms with Crippen molar-refractivity contribution in [2.75, 3.05) is 32.1 Å². The minimum Gasteiger partial charge on any atom is -0.495 e. The first-order chi connectivity index (χ1) is 10.2. The Hall–Kier alpha value is -1.59. The van der Waals surface area contributed by atoms with Crippen LogP contribution in [0.5, 0.6) is 5.75 Å². The van der Waals surface area contributed by atoms with E-state index in [0.717, 1.165) is 13.0 Å². The number of hydrogen-bond donors (Lipinski definition) is 2. The highest BCUT2D eigenvalue weighted by atomic mass is 16.5. The molecular formula is C16H24N2O3.